The fourth-order valence-corrected chi connectivity index (χ4v) is 4.14. The largest absolute Gasteiger partial charge is 0.491 e. The average Bonchev–Trinajstić information content (AvgIpc) is 3.26. The van der Waals surface area contributed by atoms with E-state index in [1.807, 2.05) is 48.5 Å². The van der Waals surface area contributed by atoms with Gasteiger partial charge in [-0.1, -0.05) is 36.4 Å². The van der Waals surface area contributed by atoms with E-state index in [1.165, 1.54) is 7.11 Å². The van der Waals surface area contributed by atoms with Crippen LogP contribution < -0.4 is 15.4 Å². The van der Waals surface area contributed by atoms with Crippen LogP contribution in [0.15, 0.2) is 67.1 Å². The SMILES string of the molecule is COC(=O)C[C@@H]1C[C@@H](COc2ccc(-c3ccc(C(=N)N)cc3)cc2)N(c2cnccn2)C1.Cl. The van der Waals surface area contributed by atoms with Crippen molar-refractivity contribution >= 4 is 30.0 Å². The number of carbonyl (C=O) groups is 1. The second-order valence-corrected chi connectivity index (χ2v) is 8.08. The van der Waals surface area contributed by atoms with Crippen molar-refractivity contribution in [2.45, 2.75) is 18.9 Å². The van der Waals surface area contributed by atoms with E-state index in [1.54, 1.807) is 18.6 Å². The quantitative estimate of drug-likeness (QED) is 0.286. The minimum atomic E-state index is -0.201. The number of hydrogen-bond donors (Lipinski definition) is 2. The van der Waals surface area contributed by atoms with Gasteiger partial charge in [-0.25, -0.2) is 4.98 Å². The molecule has 8 nitrogen and oxygen atoms in total. The molecular formula is C25H28ClN5O3. The number of methoxy groups -OCH3 is 1. The molecule has 1 fully saturated rings. The van der Waals surface area contributed by atoms with Gasteiger partial charge in [0.25, 0.3) is 0 Å². The molecule has 0 spiro atoms. The van der Waals surface area contributed by atoms with Gasteiger partial charge in [0.05, 0.1) is 25.8 Å². The molecule has 0 radical (unpaired) electrons. The third kappa shape index (κ3) is 6.02. The highest BCUT2D eigenvalue weighted by Gasteiger charge is 2.34. The molecule has 2 atom stereocenters. The monoisotopic (exact) mass is 481 g/mol. The van der Waals surface area contributed by atoms with Gasteiger partial charge in [-0.05, 0) is 35.6 Å². The summed E-state index contributed by atoms with van der Waals surface area (Å²) in [4.78, 5) is 22.6. The van der Waals surface area contributed by atoms with E-state index in [0.717, 1.165) is 29.1 Å². The summed E-state index contributed by atoms with van der Waals surface area (Å²) in [5.41, 5.74) is 8.33. The van der Waals surface area contributed by atoms with Crippen molar-refractivity contribution in [3.8, 4) is 16.9 Å². The maximum atomic E-state index is 11.8. The number of amidine groups is 1. The maximum Gasteiger partial charge on any atom is 0.305 e. The van der Waals surface area contributed by atoms with Crippen molar-refractivity contribution in [2.24, 2.45) is 11.7 Å². The minimum absolute atomic E-state index is 0. The van der Waals surface area contributed by atoms with Crippen LogP contribution in [0, 0.1) is 11.3 Å². The standard InChI is InChI=1S/C25H27N5O3.ClH/c1-32-24(31)13-17-12-21(30(15-17)23-14-28-10-11-29-23)16-33-22-8-6-19(7-9-22)18-2-4-20(5-3-18)25(26)27;/h2-11,14,17,21H,12-13,15-16H2,1H3,(H3,26,27);1H/t17-,21-;/m0./s1. The molecule has 178 valence electrons. The molecule has 34 heavy (non-hydrogen) atoms. The number of nitrogens with two attached hydrogens (primary N) is 1. The lowest BCUT2D eigenvalue weighted by Crippen LogP contribution is -2.34. The van der Waals surface area contributed by atoms with Gasteiger partial charge in [-0.15, -0.1) is 12.4 Å². The van der Waals surface area contributed by atoms with Crippen LogP contribution in [-0.4, -0.2) is 48.1 Å². The molecule has 0 amide bonds. The fraction of sp³-hybridized carbons (Fsp3) is 0.280. The second-order valence-electron chi connectivity index (χ2n) is 8.08. The normalized spacial score (nSPS) is 17.0. The third-order valence-corrected chi connectivity index (χ3v) is 5.85. The summed E-state index contributed by atoms with van der Waals surface area (Å²) in [5, 5.41) is 7.51. The highest BCUT2D eigenvalue weighted by molar-refractivity contribution is 5.95. The Bertz CT molecular complexity index is 1090. The van der Waals surface area contributed by atoms with Crippen LogP contribution in [0.25, 0.3) is 11.1 Å². The highest BCUT2D eigenvalue weighted by atomic mass is 35.5. The van der Waals surface area contributed by atoms with E-state index in [2.05, 4.69) is 14.9 Å². The Balaban J connectivity index is 0.00000324. The topological polar surface area (TPSA) is 114 Å². The first-order valence-corrected chi connectivity index (χ1v) is 10.8. The zero-order chi connectivity index (χ0) is 23.2. The van der Waals surface area contributed by atoms with Gasteiger partial charge in [0.2, 0.25) is 0 Å². The summed E-state index contributed by atoms with van der Waals surface area (Å²) in [5.74, 6) is 1.58. The van der Waals surface area contributed by atoms with E-state index in [4.69, 9.17) is 20.6 Å². The molecule has 1 aromatic heterocycles. The molecule has 3 N–H and O–H groups in total. The third-order valence-electron chi connectivity index (χ3n) is 5.85. The van der Waals surface area contributed by atoms with Crippen molar-refractivity contribution in [1.29, 1.82) is 5.41 Å². The summed E-state index contributed by atoms with van der Waals surface area (Å²) in [6.07, 6.45) is 6.24. The maximum absolute atomic E-state index is 11.8. The van der Waals surface area contributed by atoms with Crippen LogP contribution in [0.3, 0.4) is 0 Å². The number of hydrogen-bond acceptors (Lipinski definition) is 7. The van der Waals surface area contributed by atoms with Crippen LogP contribution in [0.2, 0.25) is 0 Å². The number of esters is 1. The van der Waals surface area contributed by atoms with Crippen LogP contribution >= 0.6 is 12.4 Å². The summed E-state index contributed by atoms with van der Waals surface area (Å²) in [6, 6.07) is 15.6. The van der Waals surface area contributed by atoms with Gasteiger partial charge in [0.15, 0.2) is 0 Å². The van der Waals surface area contributed by atoms with Crippen LogP contribution in [-0.2, 0) is 9.53 Å². The molecule has 2 heterocycles. The lowest BCUT2D eigenvalue weighted by molar-refractivity contribution is -0.141. The molecule has 0 saturated carbocycles. The van der Waals surface area contributed by atoms with Crippen molar-refractivity contribution in [3.63, 3.8) is 0 Å². The Hall–Kier alpha value is -3.65. The predicted molar refractivity (Wildman–Crippen MR) is 134 cm³/mol. The molecule has 1 aliphatic rings. The van der Waals surface area contributed by atoms with Gasteiger partial charge in [-0.2, -0.15) is 0 Å². The number of rotatable bonds is 8. The number of nitrogens with zero attached hydrogens (tertiary/aromatic N) is 3. The molecule has 0 aliphatic carbocycles. The number of halogens is 1. The van der Waals surface area contributed by atoms with Crippen LogP contribution in [0.4, 0.5) is 5.82 Å². The van der Waals surface area contributed by atoms with Crippen LogP contribution in [0.5, 0.6) is 5.75 Å². The number of nitrogens with one attached hydrogen (secondary N) is 1. The summed E-state index contributed by atoms with van der Waals surface area (Å²) < 4.78 is 11.0. The van der Waals surface area contributed by atoms with Gasteiger partial charge >= 0.3 is 5.97 Å². The number of nitrogen functional groups attached to an aromatic ring is 1. The molecule has 0 unspecified atom stereocenters. The minimum Gasteiger partial charge on any atom is -0.491 e. The first kappa shape index (κ1) is 25.0. The Morgan fingerprint density at radius 3 is 2.38 bits per heavy atom. The zero-order valence-electron chi connectivity index (χ0n) is 18.9. The number of aromatic nitrogens is 2. The van der Waals surface area contributed by atoms with Crippen molar-refractivity contribution in [2.75, 3.05) is 25.2 Å². The fourth-order valence-electron chi connectivity index (χ4n) is 4.14. The number of benzene rings is 2. The van der Waals surface area contributed by atoms with Gasteiger partial charge < -0.3 is 20.1 Å². The number of ether oxygens (including phenoxy) is 2. The van der Waals surface area contributed by atoms with Crippen LogP contribution in [0.1, 0.15) is 18.4 Å². The van der Waals surface area contributed by atoms with Gasteiger partial charge in [0.1, 0.15) is 24.0 Å². The van der Waals surface area contributed by atoms with Gasteiger partial charge in [0, 0.05) is 24.5 Å². The highest BCUT2D eigenvalue weighted by Crippen LogP contribution is 2.30. The Morgan fingerprint density at radius 2 is 1.79 bits per heavy atom. The first-order chi connectivity index (χ1) is 16.0. The average molecular weight is 482 g/mol. The van der Waals surface area contributed by atoms with Crippen molar-refractivity contribution < 1.29 is 14.3 Å². The van der Waals surface area contributed by atoms with Gasteiger partial charge in [-0.3, -0.25) is 15.2 Å². The molecular weight excluding hydrogens is 454 g/mol. The second kappa shape index (κ2) is 11.5. The number of carbonyl (C=O) groups excluding carboxylic acids is 1. The number of anilines is 1. The molecule has 1 saturated heterocycles. The van der Waals surface area contributed by atoms with E-state index >= 15 is 0 Å². The predicted octanol–water partition coefficient (Wildman–Crippen LogP) is 3.69. The molecule has 2 aromatic carbocycles. The summed E-state index contributed by atoms with van der Waals surface area (Å²) in [6.45, 7) is 1.18. The Labute approximate surface area is 205 Å². The zero-order valence-corrected chi connectivity index (χ0v) is 19.7. The molecule has 4 rings (SSSR count). The first-order valence-electron chi connectivity index (χ1n) is 10.8. The Morgan fingerprint density at radius 1 is 1.12 bits per heavy atom. The molecule has 1 aliphatic heterocycles. The Kier molecular flexibility index (Phi) is 8.43. The molecule has 9 heteroatoms. The molecule has 3 aromatic rings. The summed E-state index contributed by atoms with van der Waals surface area (Å²) in [7, 11) is 1.42. The lowest BCUT2D eigenvalue weighted by Gasteiger charge is -2.25. The lowest BCUT2D eigenvalue weighted by atomic mass is 10.0. The van der Waals surface area contributed by atoms with Crippen molar-refractivity contribution in [3.05, 3.63) is 72.7 Å². The smallest absolute Gasteiger partial charge is 0.305 e. The van der Waals surface area contributed by atoms with E-state index in [9.17, 15) is 4.79 Å². The van der Waals surface area contributed by atoms with E-state index in [-0.39, 0.29) is 36.2 Å². The van der Waals surface area contributed by atoms with E-state index in [0.29, 0.717) is 25.1 Å². The molecule has 0 bridgehead atoms. The van der Waals surface area contributed by atoms with Crippen molar-refractivity contribution in [1.82, 2.24) is 9.97 Å². The summed E-state index contributed by atoms with van der Waals surface area (Å²) >= 11 is 0. The van der Waals surface area contributed by atoms with E-state index < -0.39 is 0 Å².